The molecule has 0 radical (unpaired) electrons. The fourth-order valence-electron chi connectivity index (χ4n) is 5.32. The summed E-state index contributed by atoms with van der Waals surface area (Å²) in [6.07, 6.45) is 0.596. The lowest BCUT2D eigenvalue weighted by atomic mass is 9.97. The third kappa shape index (κ3) is 6.61. The Bertz CT molecular complexity index is 1880. The molecular weight excluding hydrogens is 617 g/mol. The molecule has 0 bridgehead atoms. The Kier molecular flexibility index (Phi) is 9.32. The summed E-state index contributed by atoms with van der Waals surface area (Å²) in [6.45, 7) is 6.33. The lowest BCUT2D eigenvalue weighted by Gasteiger charge is -2.22. The molecule has 11 heteroatoms. The number of nitrogens with zero attached hydrogens (tertiary/aromatic N) is 5. The van der Waals surface area contributed by atoms with E-state index in [1.807, 2.05) is 66.3 Å². The molecule has 46 heavy (non-hydrogen) atoms. The van der Waals surface area contributed by atoms with Gasteiger partial charge >= 0.3 is 0 Å². The Morgan fingerprint density at radius 2 is 1.76 bits per heavy atom. The molecule has 0 fully saturated rings. The minimum absolute atomic E-state index is 0.103. The van der Waals surface area contributed by atoms with Crippen molar-refractivity contribution >= 4 is 40.6 Å². The van der Waals surface area contributed by atoms with Crippen molar-refractivity contribution in [1.29, 1.82) is 0 Å². The number of aromatic nitrogens is 3. The number of methoxy groups -OCH3 is 1. The van der Waals surface area contributed by atoms with E-state index in [0.717, 1.165) is 45.0 Å². The molecule has 1 unspecified atom stereocenters. The van der Waals surface area contributed by atoms with Gasteiger partial charge < -0.3 is 10.1 Å². The van der Waals surface area contributed by atoms with Gasteiger partial charge in [0.25, 0.3) is 11.8 Å². The first-order valence-corrected chi connectivity index (χ1v) is 16.7. The number of thioether (sulfide) groups is 1. The average molecular weight is 651 g/mol. The van der Waals surface area contributed by atoms with E-state index >= 15 is 0 Å². The Balaban J connectivity index is 1.27. The predicted molar refractivity (Wildman–Crippen MR) is 182 cm³/mol. The number of rotatable bonds is 10. The molecule has 3 heterocycles. The molecule has 9 nitrogen and oxygen atoms in total. The molecule has 2 aromatic heterocycles. The second-order valence-corrected chi connectivity index (χ2v) is 12.9. The average Bonchev–Trinajstić information content (AvgIpc) is 3.85. The summed E-state index contributed by atoms with van der Waals surface area (Å²) in [5.74, 6) is 1.14. The zero-order valence-corrected chi connectivity index (χ0v) is 27.7. The summed E-state index contributed by atoms with van der Waals surface area (Å²) in [5, 5.41) is 20.8. The van der Waals surface area contributed by atoms with Gasteiger partial charge in [0.05, 0.1) is 41.7 Å². The van der Waals surface area contributed by atoms with Crippen molar-refractivity contribution < 1.29 is 14.3 Å². The molecule has 1 N–H and O–H groups in total. The number of thiophene rings is 1. The zero-order valence-electron chi connectivity index (χ0n) is 26.1. The highest BCUT2D eigenvalue weighted by atomic mass is 32.2. The molecule has 5 aromatic rings. The van der Waals surface area contributed by atoms with E-state index in [9.17, 15) is 9.59 Å². The molecule has 0 aliphatic carbocycles. The van der Waals surface area contributed by atoms with Crippen LogP contribution < -0.4 is 10.1 Å². The van der Waals surface area contributed by atoms with Crippen LogP contribution >= 0.6 is 23.1 Å². The van der Waals surface area contributed by atoms with Crippen LogP contribution in [0.2, 0.25) is 0 Å². The number of hydrazone groups is 1. The van der Waals surface area contributed by atoms with Crippen molar-refractivity contribution in [3.05, 3.63) is 123 Å². The van der Waals surface area contributed by atoms with Crippen LogP contribution in [0.4, 0.5) is 0 Å². The maximum atomic E-state index is 13.9. The summed E-state index contributed by atoms with van der Waals surface area (Å²) in [5.41, 5.74) is 7.05. The van der Waals surface area contributed by atoms with Crippen LogP contribution in [0.3, 0.4) is 0 Å². The number of ether oxygens (including phenoxy) is 1. The Hall–Kier alpha value is -4.74. The fraction of sp³-hybridized carbons (Fsp3) is 0.229. The van der Waals surface area contributed by atoms with Gasteiger partial charge in [0.15, 0.2) is 11.0 Å². The highest BCUT2D eigenvalue weighted by Gasteiger charge is 2.33. The smallest absolute Gasteiger partial charge is 0.261 e. The molecule has 234 valence electrons. The van der Waals surface area contributed by atoms with E-state index in [-0.39, 0.29) is 30.2 Å². The normalized spacial score (nSPS) is 14.3. The van der Waals surface area contributed by atoms with Crippen LogP contribution in [0.1, 0.15) is 55.8 Å². The highest BCUT2D eigenvalue weighted by molar-refractivity contribution is 7.99. The summed E-state index contributed by atoms with van der Waals surface area (Å²) in [7, 11) is 1.64. The lowest BCUT2D eigenvalue weighted by Crippen LogP contribution is -2.28. The molecule has 6 rings (SSSR count). The molecule has 3 aromatic carbocycles. The number of hydrogen-bond acceptors (Lipinski definition) is 8. The molecule has 2 amide bonds. The van der Waals surface area contributed by atoms with Gasteiger partial charge in [-0.25, -0.2) is 5.01 Å². The fourth-order valence-corrected chi connectivity index (χ4v) is 6.78. The van der Waals surface area contributed by atoms with Crippen LogP contribution in [0, 0.1) is 20.8 Å². The van der Waals surface area contributed by atoms with E-state index in [2.05, 4.69) is 52.8 Å². The van der Waals surface area contributed by atoms with Crippen LogP contribution in [0.15, 0.2) is 94.5 Å². The number of carbonyl (C=O) groups excluding carboxylic acids is 2. The summed E-state index contributed by atoms with van der Waals surface area (Å²) < 4.78 is 7.26. The minimum Gasteiger partial charge on any atom is -0.497 e. The third-order valence-electron chi connectivity index (χ3n) is 8.05. The third-order valence-corrected chi connectivity index (χ3v) is 9.83. The van der Waals surface area contributed by atoms with E-state index in [4.69, 9.17) is 9.84 Å². The number of aryl methyl sites for hydroxylation is 2. The van der Waals surface area contributed by atoms with Crippen LogP contribution in [0.25, 0.3) is 5.69 Å². The quantitative estimate of drug-likeness (QED) is 0.170. The molecule has 0 spiro atoms. The number of nitrogens with one attached hydrogen (secondary N) is 1. The molecule has 1 aliphatic rings. The number of hydrogen-bond donors (Lipinski definition) is 1. The van der Waals surface area contributed by atoms with Crippen molar-refractivity contribution in [3.63, 3.8) is 0 Å². The van der Waals surface area contributed by atoms with Gasteiger partial charge in [0.2, 0.25) is 0 Å². The van der Waals surface area contributed by atoms with Gasteiger partial charge in [0, 0.05) is 6.42 Å². The Morgan fingerprint density at radius 1 is 0.978 bits per heavy atom. The van der Waals surface area contributed by atoms with E-state index < -0.39 is 0 Å². The van der Waals surface area contributed by atoms with Gasteiger partial charge in [0.1, 0.15) is 5.75 Å². The van der Waals surface area contributed by atoms with Crippen molar-refractivity contribution in [2.24, 2.45) is 5.10 Å². The summed E-state index contributed by atoms with van der Waals surface area (Å²) >= 11 is 2.69. The second-order valence-electron chi connectivity index (χ2n) is 11.0. The first-order chi connectivity index (χ1) is 22.3. The molecule has 0 saturated carbocycles. The van der Waals surface area contributed by atoms with E-state index in [0.29, 0.717) is 22.3 Å². The summed E-state index contributed by atoms with van der Waals surface area (Å²) in [6, 6.07) is 25.4. The van der Waals surface area contributed by atoms with Gasteiger partial charge in [-0.15, -0.1) is 21.5 Å². The van der Waals surface area contributed by atoms with Crippen molar-refractivity contribution in [2.75, 3.05) is 12.9 Å². The molecule has 0 saturated heterocycles. The van der Waals surface area contributed by atoms with Gasteiger partial charge in [-0.2, -0.15) is 5.10 Å². The lowest BCUT2D eigenvalue weighted by molar-refractivity contribution is -0.130. The first kappa shape index (κ1) is 31.3. The first-order valence-electron chi connectivity index (χ1n) is 14.9. The highest BCUT2D eigenvalue weighted by Crippen LogP contribution is 2.35. The maximum absolute atomic E-state index is 13.9. The van der Waals surface area contributed by atoms with Gasteiger partial charge in [-0.05, 0) is 84.8 Å². The van der Waals surface area contributed by atoms with Crippen LogP contribution in [0.5, 0.6) is 5.75 Å². The van der Waals surface area contributed by atoms with Gasteiger partial charge in [-0.3, -0.25) is 14.2 Å². The number of amides is 2. The van der Waals surface area contributed by atoms with E-state index in [1.165, 1.54) is 23.1 Å². The topological polar surface area (TPSA) is 102 Å². The predicted octanol–water partition coefficient (Wildman–Crippen LogP) is 6.66. The zero-order chi connectivity index (χ0) is 32.2. The Morgan fingerprint density at radius 3 is 2.48 bits per heavy atom. The van der Waals surface area contributed by atoms with Gasteiger partial charge in [-0.1, -0.05) is 59.8 Å². The molecule has 1 aliphatic heterocycles. The van der Waals surface area contributed by atoms with Crippen LogP contribution in [-0.2, 0) is 11.3 Å². The van der Waals surface area contributed by atoms with Crippen molar-refractivity contribution in [3.8, 4) is 11.4 Å². The summed E-state index contributed by atoms with van der Waals surface area (Å²) in [4.78, 5) is 27.3. The number of carbonyl (C=O) groups is 2. The largest absolute Gasteiger partial charge is 0.497 e. The van der Waals surface area contributed by atoms with Crippen molar-refractivity contribution in [1.82, 2.24) is 25.1 Å². The molecule has 1 atom stereocenters. The maximum Gasteiger partial charge on any atom is 0.261 e. The second kappa shape index (κ2) is 13.7. The minimum atomic E-state index is -0.231. The standard InChI is InChI=1S/C35H34N6O3S2/c1-22-10-12-26(13-11-22)30-19-28(25-14-16-27(44-4)17-15-25)39-41(30)33(42)21-46-35-38-37-32(20-36-34(43)31-9-6-18-45-31)40(35)29-8-5-7-23(2)24(29)3/h5-18,30H,19-21H2,1-4H3,(H,36,43). The van der Waals surface area contributed by atoms with E-state index in [1.54, 1.807) is 18.2 Å². The monoisotopic (exact) mass is 650 g/mol. The van der Waals surface area contributed by atoms with Crippen molar-refractivity contribution in [2.45, 2.75) is 44.9 Å². The number of benzene rings is 3. The van der Waals surface area contributed by atoms with Crippen LogP contribution in [-0.4, -0.2) is 50.2 Å². The molecular formula is C35H34N6O3S2. The SMILES string of the molecule is COc1ccc(C2=NN(C(=O)CSc3nnc(CNC(=O)c4cccs4)n3-c3cccc(C)c3C)C(c3ccc(C)cc3)C2)cc1. The Labute approximate surface area is 276 Å².